The molecular formula is C23H30N2O. The van der Waals surface area contributed by atoms with Crippen LogP contribution >= 0.6 is 0 Å². The fourth-order valence-electron chi connectivity index (χ4n) is 4.56. The highest BCUT2D eigenvalue weighted by atomic mass is 16.5. The van der Waals surface area contributed by atoms with Gasteiger partial charge in [-0.3, -0.25) is 4.90 Å². The minimum Gasteiger partial charge on any atom is -0.496 e. The van der Waals surface area contributed by atoms with Gasteiger partial charge in [-0.1, -0.05) is 48.0 Å². The molecule has 2 aliphatic rings. The van der Waals surface area contributed by atoms with Crippen molar-refractivity contribution in [2.75, 3.05) is 26.7 Å². The van der Waals surface area contributed by atoms with Crippen LogP contribution in [0, 0.1) is 6.92 Å². The molecule has 2 aliphatic heterocycles. The molecule has 0 saturated carbocycles. The molecule has 0 radical (unpaired) electrons. The summed E-state index contributed by atoms with van der Waals surface area (Å²) in [4.78, 5) is 5.33. The number of hydrogen-bond acceptors (Lipinski definition) is 3. The van der Waals surface area contributed by atoms with E-state index in [2.05, 4.69) is 65.3 Å². The van der Waals surface area contributed by atoms with Crippen molar-refractivity contribution in [3.8, 4) is 5.75 Å². The molecule has 2 fully saturated rings. The maximum absolute atomic E-state index is 5.61. The van der Waals surface area contributed by atoms with Crippen LogP contribution in [0.5, 0.6) is 5.75 Å². The number of ether oxygens (including phenoxy) is 1. The van der Waals surface area contributed by atoms with Gasteiger partial charge in [-0.2, -0.15) is 0 Å². The molecule has 2 atom stereocenters. The van der Waals surface area contributed by atoms with Crippen LogP contribution < -0.4 is 4.74 Å². The number of nitrogens with zero attached hydrogens (tertiary/aromatic N) is 2. The largest absolute Gasteiger partial charge is 0.496 e. The Morgan fingerprint density at radius 1 is 1.04 bits per heavy atom. The maximum atomic E-state index is 5.61. The van der Waals surface area contributed by atoms with Crippen LogP contribution in [0.25, 0.3) is 0 Å². The second-order valence-electron chi connectivity index (χ2n) is 7.81. The summed E-state index contributed by atoms with van der Waals surface area (Å²) in [6.45, 7) is 6.90. The summed E-state index contributed by atoms with van der Waals surface area (Å²) < 4.78 is 5.61. The third-order valence-electron chi connectivity index (χ3n) is 6.00. The van der Waals surface area contributed by atoms with Crippen LogP contribution in [0.15, 0.2) is 48.5 Å². The van der Waals surface area contributed by atoms with Crippen LogP contribution in [-0.4, -0.2) is 42.6 Å². The quantitative estimate of drug-likeness (QED) is 0.767. The summed E-state index contributed by atoms with van der Waals surface area (Å²) in [6, 6.07) is 18.6. The van der Waals surface area contributed by atoms with Gasteiger partial charge >= 0.3 is 0 Å². The van der Waals surface area contributed by atoms with Crippen molar-refractivity contribution in [1.82, 2.24) is 9.80 Å². The summed E-state index contributed by atoms with van der Waals surface area (Å²) in [7, 11) is 1.77. The molecule has 0 N–H and O–H groups in total. The monoisotopic (exact) mass is 350 g/mol. The molecule has 2 unspecified atom stereocenters. The SMILES string of the molecule is COc1ccccc1CN1C(CN2CCCC2)CC1c1cccc(C)c1. The zero-order valence-electron chi connectivity index (χ0n) is 16.0. The van der Waals surface area contributed by atoms with E-state index in [0.29, 0.717) is 12.1 Å². The Kier molecular flexibility index (Phi) is 5.28. The van der Waals surface area contributed by atoms with Gasteiger partial charge in [-0.05, 0) is 50.9 Å². The Labute approximate surface area is 157 Å². The fourth-order valence-corrected chi connectivity index (χ4v) is 4.56. The first-order chi connectivity index (χ1) is 12.7. The van der Waals surface area contributed by atoms with Crippen molar-refractivity contribution in [2.24, 2.45) is 0 Å². The molecule has 0 spiro atoms. The van der Waals surface area contributed by atoms with Gasteiger partial charge in [0.2, 0.25) is 0 Å². The molecule has 2 aromatic carbocycles. The lowest BCUT2D eigenvalue weighted by Gasteiger charge is -2.50. The number of benzene rings is 2. The van der Waals surface area contributed by atoms with Crippen molar-refractivity contribution >= 4 is 0 Å². The first-order valence-electron chi connectivity index (χ1n) is 9.91. The molecule has 0 aliphatic carbocycles. The molecule has 4 rings (SSSR count). The van der Waals surface area contributed by atoms with Gasteiger partial charge in [0.1, 0.15) is 5.75 Å². The highest BCUT2D eigenvalue weighted by molar-refractivity contribution is 5.34. The minimum absolute atomic E-state index is 0.521. The van der Waals surface area contributed by atoms with Crippen molar-refractivity contribution in [3.05, 3.63) is 65.2 Å². The van der Waals surface area contributed by atoms with Gasteiger partial charge in [0, 0.05) is 30.7 Å². The predicted molar refractivity (Wildman–Crippen MR) is 107 cm³/mol. The average Bonchev–Trinajstić information content (AvgIpc) is 3.16. The third-order valence-corrected chi connectivity index (χ3v) is 6.00. The number of likely N-dealkylation sites (tertiary alicyclic amines) is 2. The first-order valence-corrected chi connectivity index (χ1v) is 9.91. The van der Waals surface area contributed by atoms with Crippen molar-refractivity contribution in [3.63, 3.8) is 0 Å². The summed E-state index contributed by atoms with van der Waals surface area (Å²) in [5.41, 5.74) is 4.10. The normalized spacial score (nSPS) is 23.8. The van der Waals surface area contributed by atoms with Crippen LogP contribution in [0.1, 0.15) is 42.0 Å². The van der Waals surface area contributed by atoms with E-state index in [4.69, 9.17) is 4.74 Å². The second kappa shape index (κ2) is 7.81. The van der Waals surface area contributed by atoms with Gasteiger partial charge in [-0.25, -0.2) is 0 Å². The van der Waals surface area contributed by atoms with Crippen molar-refractivity contribution in [1.29, 1.82) is 0 Å². The van der Waals surface area contributed by atoms with Gasteiger partial charge < -0.3 is 9.64 Å². The topological polar surface area (TPSA) is 15.7 Å². The van der Waals surface area contributed by atoms with E-state index in [0.717, 1.165) is 12.3 Å². The van der Waals surface area contributed by atoms with E-state index < -0.39 is 0 Å². The Balaban J connectivity index is 1.55. The molecule has 26 heavy (non-hydrogen) atoms. The zero-order chi connectivity index (χ0) is 17.9. The molecule has 0 bridgehead atoms. The second-order valence-corrected chi connectivity index (χ2v) is 7.81. The molecule has 3 nitrogen and oxygen atoms in total. The number of para-hydroxylation sites is 1. The van der Waals surface area contributed by atoms with E-state index in [-0.39, 0.29) is 0 Å². The van der Waals surface area contributed by atoms with Gasteiger partial charge in [0.25, 0.3) is 0 Å². The van der Waals surface area contributed by atoms with E-state index >= 15 is 0 Å². The highest BCUT2D eigenvalue weighted by Gasteiger charge is 2.40. The van der Waals surface area contributed by atoms with Crippen molar-refractivity contribution < 1.29 is 4.74 Å². The number of methoxy groups -OCH3 is 1. The molecule has 2 saturated heterocycles. The maximum Gasteiger partial charge on any atom is 0.123 e. The smallest absolute Gasteiger partial charge is 0.123 e. The first kappa shape index (κ1) is 17.6. The Morgan fingerprint density at radius 2 is 1.85 bits per heavy atom. The summed E-state index contributed by atoms with van der Waals surface area (Å²) >= 11 is 0. The van der Waals surface area contributed by atoms with E-state index in [1.165, 1.54) is 55.6 Å². The zero-order valence-corrected chi connectivity index (χ0v) is 16.0. The van der Waals surface area contributed by atoms with Crippen LogP contribution in [0.3, 0.4) is 0 Å². The Bertz CT molecular complexity index is 738. The third kappa shape index (κ3) is 3.65. The Morgan fingerprint density at radius 3 is 2.62 bits per heavy atom. The molecule has 2 aromatic rings. The molecule has 0 amide bonds. The Hall–Kier alpha value is -1.84. The number of aryl methyl sites for hydroxylation is 1. The highest BCUT2D eigenvalue weighted by Crippen LogP contribution is 2.41. The van der Waals surface area contributed by atoms with Crippen LogP contribution in [0.2, 0.25) is 0 Å². The minimum atomic E-state index is 0.521. The molecule has 138 valence electrons. The van der Waals surface area contributed by atoms with E-state index in [9.17, 15) is 0 Å². The molecule has 2 heterocycles. The molecule has 0 aromatic heterocycles. The number of rotatable bonds is 6. The van der Waals surface area contributed by atoms with Gasteiger partial charge in [0.05, 0.1) is 7.11 Å². The molecule has 3 heteroatoms. The average molecular weight is 351 g/mol. The van der Waals surface area contributed by atoms with E-state index in [1.54, 1.807) is 7.11 Å². The van der Waals surface area contributed by atoms with E-state index in [1.807, 2.05) is 0 Å². The molecular weight excluding hydrogens is 320 g/mol. The van der Waals surface area contributed by atoms with Gasteiger partial charge in [-0.15, -0.1) is 0 Å². The summed E-state index contributed by atoms with van der Waals surface area (Å²) in [6.07, 6.45) is 3.98. The van der Waals surface area contributed by atoms with Crippen LogP contribution in [-0.2, 0) is 6.54 Å². The summed E-state index contributed by atoms with van der Waals surface area (Å²) in [5.74, 6) is 1.00. The lowest BCUT2D eigenvalue weighted by molar-refractivity contribution is -0.0120. The van der Waals surface area contributed by atoms with Crippen molar-refractivity contribution in [2.45, 2.75) is 44.8 Å². The standard InChI is InChI=1S/C23H30N2O/c1-18-8-7-10-19(14-18)22-15-21(17-24-12-5-6-13-24)25(22)16-20-9-3-4-11-23(20)26-2/h3-4,7-11,14,21-22H,5-6,12-13,15-17H2,1-2H3. The summed E-state index contributed by atoms with van der Waals surface area (Å²) in [5, 5.41) is 0. The fraction of sp³-hybridized carbons (Fsp3) is 0.478. The van der Waals surface area contributed by atoms with Crippen LogP contribution in [0.4, 0.5) is 0 Å². The predicted octanol–water partition coefficient (Wildman–Crippen LogP) is 4.42. The lowest BCUT2D eigenvalue weighted by atomic mass is 9.85. The lowest BCUT2D eigenvalue weighted by Crippen LogP contribution is -2.54. The van der Waals surface area contributed by atoms with Gasteiger partial charge in [0.15, 0.2) is 0 Å². The number of hydrogen-bond donors (Lipinski definition) is 0.